The molecule has 0 bridgehead atoms. The first-order valence-corrected chi connectivity index (χ1v) is 7.37. The number of hydrogen-bond donors (Lipinski definition) is 1. The summed E-state index contributed by atoms with van der Waals surface area (Å²) in [7, 11) is 1.71. The Morgan fingerprint density at radius 1 is 1.24 bits per heavy atom. The fourth-order valence-electron chi connectivity index (χ4n) is 2.22. The molecule has 0 saturated heterocycles. The van der Waals surface area contributed by atoms with E-state index in [0.29, 0.717) is 5.71 Å². The maximum Gasteiger partial charge on any atom is 0.114 e. The largest absolute Gasteiger partial charge is 0.497 e. The first-order valence-electron chi connectivity index (χ1n) is 7.37. The van der Waals surface area contributed by atoms with Gasteiger partial charge in [-0.05, 0) is 70.3 Å². The lowest BCUT2D eigenvalue weighted by Crippen LogP contribution is -1.99. The zero-order valence-corrected chi connectivity index (χ0v) is 14.1. The van der Waals surface area contributed by atoms with Gasteiger partial charge in [-0.1, -0.05) is 30.4 Å². The molecule has 0 amide bonds. The molecule has 0 aromatic rings. The van der Waals surface area contributed by atoms with E-state index in [1.54, 1.807) is 13.2 Å². The standard InChI is InChI=1S/C11H17N.C8H12O/c1-6-7-9(4)11(8(2)3)10(5)12;1-9-8-6-4-2-3-5-7-8/h6-7,12H,1H2,2-5H3;4,6-7H,2-3,5H2,1H3/b9-7-,12-10?;. The Balaban J connectivity index is 0.000000394. The smallest absolute Gasteiger partial charge is 0.114 e. The van der Waals surface area contributed by atoms with Crippen LogP contribution in [0, 0.1) is 5.41 Å². The molecule has 1 aliphatic carbocycles. The van der Waals surface area contributed by atoms with E-state index >= 15 is 0 Å². The second-order valence-corrected chi connectivity index (χ2v) is 5.23. The second-order valence-electron chi connectivity index (χ2n) is 5.23. The second kappa shape index (κ2) is 10.9. The van der Waals surface area contributed by atoms with Gasteiger partial charge in [-0.25, -0.2) is 0 Å². The summed E-state index contributed by atoms with van der Waals surface area (Å²) in [5.41, 5.74) is 3.94. The minimum atomic E-state index is 0.616. The highest BCUT2D eigenvalue weighted by Gasteiger charge is 2.03. The number of rotatable bonds is 4. The third kappa shape index (κ3) is 8.13. The molecule has 0 radical (unpaired) electrons. The lowest BCUT2D eigenvalue weighted by atomic mass is 9.98. The molecule has 1 aliphatic rings. The Hall–Kier alpha value is -1.83. The topological polar surface area (TPSA) is 33.1 Å². The van der Waals surface area contributed by atoms with Gasteiger partial charge in [0.25, 0.3) is 0 Å². The van der Waals surface area contributed by atoms with E-state index in [4.69, 9.17) is 10.1 Å². The van der Waals surface area contributed by atoms with Crippen molar-refractivity contribution >= 4 is 5.71 Å². The molecule has 2 heteroatoms. The van der Waals surface area contributed by atoms with Gasteiger partial charge in [0.2, 0.25) is 0 Å². The van der Waals surface area contributed by atoms with Crippen LogP contribution in [0.4, 0.5) is 0 Å². The minimum Gasteiger partial charge on any atom is -0.497 e. The first kappa shape index (κ1) is 19.2. The van der Waals surface area contributed by atoms with Crippen molar-refractivity contribution in [2.45, 2.75) is 47.0 Å². The van der Waals surface area contributed by atoms with Gasteiger partial charge in [-0.2, -0.15) is 0 Å². The van der Waals surface area contributed by atoms with Gasteiger partial charge in [0.1, 0.15) is 5.76 Å². The fraction of sp³-hybridized carbons (Fsp3) is 0.421. The highest BCUT2D eigenvalue weighted by Crippen LogP contribution is 2.15. The maximum atomic E-state index is 7.56. The van der Waals surface area contributed by atoms with E-state index in [-0.39, 0.29) is 0 Å². The zero-order valence-electron chi connectivity index (χ0n) is 14.1. The van der Waals surface area contributed by atoms with Crippen LogP contribution in [-0.4, -0.2) is 12.8 Å². The molecular weight excluding hydrogens is 258 g/mol. The number of hydrogen-bond acceptors (Lipinski definition) is 2. The van der Waals surface area contributed by atoms with Crippen molar-refractivity contribution in [2.24, 2.45) is 0 Å². The van der Waals surface area contributed by atoms with Crippen LogP contribution in [0.3, 0.4) is 0 Å². The summed E-state index contributed by atoms with van der Waals surface area (Å²) < 4.78 is 5.05. The predicted molar refractivity (Wildman–Crippen MR) is 93.8 cm³/mol. The summed E-state index contributed by atoms with van der Waals surface area (Å²) in [5.74, 6) is 1.01. The van der Waals surface area contributed by atoms with Crippen molar-refractivity contribution in [1.82, 2.24) is 0 Å². The van der Waals surface area contributed by atoms with E-state index in [2.05, 4.69) is 18.7 Å². The maximum absolute atomic E-state index is 7.56. The van der Waals surface area contributed by atoms with Gasteiger partial charge in [0.05, 0.1) is 7.11 Å². The lowest BCUT2D eigenvalue weighted by Gasteiger charge is -2.07. The number of nitrogens with one attached hydrogen (secondary N) is 1. The summed E-state index contributed by atoms with van der Waals surface area (Å²) in [6, 6.07) is 0. The first-order chi connectivity index (χ1) is 9.93. The summed E-state index contributed by atoms with van der Waals surface area (Å²) >= 11 is 0. The van der Waals surface area contributed by atoms with Crippen molar-refractivity contribution in [3.05, 3.63) is 59.4 Å². The molecule has 0 heterocycles. The lowest BCUT2D eigenvalue weighted by molar-refractivity contribution is 0.305. The summed E-state index contributed by atoms with van der Waals surface area (Å²) in [6.07, 6.45) is 13.6. The molecule has 116 valence electrons. The third-order valence-electron chi connectivity index (χ3n) is 3.08. The number of allylic oxidation sites excluding steroid dienone is 8. The van der Waals surface area contributed by atoms with Crippen molar-refractivity contribution in [2.75, 3.05) is 7.11 Å². The molecular formula is C19H29NO. The zero-order chi connectivity index (χ0) is 16.3. The van der Waals surface area contributed by atoms with E-state index in [1.807, 2.05) is 39.8 Å². The van der Waals surface area contributed by atoms with Crippen LogP contribution in [0.2, 0.25) is 0 Å². The average molecular weight is 287 g/mol. The molecule has 0 fully saturated rings. The molecule has 0 aromatic carbocycles. The molecule has 1 N–H and O–H groups in total. The third-order valence-corrected chi connectivity index (χ3v) is 3.08. The van der Waals surface area contributed by atoms with Gasteiger partial charge >= 0.3 is 0 Å². The van der Waals surface area contributed by atoms with Crippen LogP contribution in [0.15, 0.2) is 59.4 Å². The van der Waals surface area contributed by atoms with Crippen LogP contribution in [0.1, 0.15) is 47.0 Å². The molecule has 0 spiro atoms. The number of ether oxygens (including phenoxy) is 1. The summed E-state index contributed by atoms with van der Waals surface area (Å²) in [5, 5.41) is 7.56. The van der Waals surface area contributed by atoms with Crippen LogP contribution < -0.4 is 0 Å². The molecule has 1 rings (SSSR count). The van der Waals surface area contributed by atoms with Crippen LogP contribution in [-0.2, 0) is 4.74 Å². The molecule has 0 atom stereocenters. The fourth-order valence-corrected chi connectivity index (χ4v) is 2.22. The van der Waals surface area contributed by atoms with E-state index in [0.717, 1.165) is 23.3 Å². The van der Waals surface area contributed by atoms with E-state index in [1.165, 1.54) is 18.4 Å². The van der Waals surface area contributed by atoms with E-state index < -0.39 is 0 Å². The van der Waals surface area contributed by atoms with Crippen LogP contribution in [0.5, 0.6) is 0 Å². The Morgan fingerprint density at radius 3 is 2.38 bits per heavy atom. The normalized spacial score (nSPS) is 14.1. The highest BCUT2D eigenvalue weighted by molar-refractivity contribution is 6.00. The van der Waals surface area contributed by atoms with Gasteiger partial charge in [0.15, 0.2) is 0 Å². The number of methoxy groups -OCH3 is 1. The quantitative estimate of drug-likeness (QED) is 0.518. The van der Waals surface area contributed by atoms with Gasteiger partial charge in [-0.15, -0.1) is 0 Å². The highest BCUT2D eigenvalue weighted by atomic mass is 16.5. The molecule has 21 heavy (non-hydrogen) atoms. The monoisotopic (exact) mass is 287 g/mol. The molecule has 0 saturated carbocycles. The Labute approximate surface area is 130 Å². The van der Waals surface area contributed by atoms with Gasteiger partial charge in [0, 0.05) is 5.71 Å². The van der Waals surface area contributed by atoms with Crippen molar-refractivity contribution in [3.63, 3.8) is 0 Å². The van der Waals surface area contributed by atoms with E-state index in [9.17, 15) is 0 Å². The van der Waals surface area contributed by atoms with Crippen LogP contribution >= 0.6 is 0 Å². The summed E-state index contributed by atoms with van der Waals surface area (Å²) in [4.78, 5) is 0. The molecule has 0 aliphatic heterocycles. The van der Waals surface area contributed by atoms with Gasteiger partial charge in [-0.3, -0.25) is 0 Å². The van der Waals surface area contributed by atoms with Crippen molar-refractivity contribution < 1.29 is 4.74 Å². The molecule has 0 aromatic heterocycles. The van der Waals surface area contributed by atoms with Crippen LogP contribution in [0.25, 0.3) is 0 Å². The van der Waals surface area contributed by atoms with Gasteiger partial charge < -0.3 is 10.1 Å². The Kier molecular flexibility index (Phi) is 9.95. The predicted octanol–water partition coefficient (Wildman–Crippen LogP) is 5.75. The SMILES string of the molecule is C=C/C=C(/C)C(C(C)=N)=C(C)C.COC1=CCCCC=C1. The molecule has 0 unspecified atom stereocenters. The Morgan fingerprint density at radius 2 is 1.90 bits per heavy atom. The molecule has 2 nitrogen and oxygen atoms in total. The van der Waals surface area contributed by atoms with Crippen molar-refractivity contribution in [1.29, 1.82) is 5.41 Å². The van der Waals surface area contributed by atoms with Crippen molar-refractivity contribution in [3.8, 4) is 0 Å². The average Bonchev–Trinajstić information content (AvgIpc) is 2.67. The Bertz CT molecular complexity index is 472. The summed E-state index contributed by atoms with van der Waals surface area (Å²) in [6.45, 7) is 11.5. The minimum absolute atomic E-state index is 0.616.